The average molecular weight is 550 g/mol. The van der Waals surface area contributed by atoms with E-state index in [1.807, 2.05) is 17.9 Å². The molecular weight excluding hydrogens is 515 g/mol. The fourth-order valence-corrected chi connectivity index (χ4v) is 5.22. The Kier molecular flexibility index (Phi) is 8.68. The molecule has 8 nitrogen and oxygen atoms in total. The molecule has 2 aliphatic rings. The average Bonchev–Trinajstić information content (AvgIpc) is 3.23. The number of aromatic nitrogens is 2. The molecule has 2 aromatic heterocycles. The number of morpholine rings is 1. The molecule has 1 saturated heterocycles. The largest absolute Gasteiger partial charge is 0.462 e. The van der Waals surface area contributed by atoms with Crippen LogP contribution in [0.1, 0.15) is 72.0 Å². The predicted octanol–water partition coefficient (Wildman–Crippen LogP) is 5.26. The van der Waals surface area contributed by atoms with Crippen LogP contribution in [-0.2, 0) is 20.6 Å². The fraction of sp³-hybridized carbons (Fsp3) is 0.536. The molecule has 0 N–H and O–H groups in total. The quantitative estimate of drug-likeness (QED) is 0.416. The first kappa shape index (κ1) is 28.7. The molecule has 1 fully saturated rings. The number of anilines is 1. The highest BCUT2D eigenvalue weighted by Crippen LogP contribution is 2.42. The molecule has 0 aromatic carbocycles. The lowest BCUT2D eigenvalue weighted by Gasteiger charge is -2.30. The summed E-state index contributed by atoms with van der Waals surface area (Å²) in [5, 5.41) is 4.87. The maximum Gasteiger partial charge on any atom is 0.416 e. The zero-order valence-corrected chi connectivity index (χ0v) is 22.6. The Labute approximate surface area is 225 Å². The smallest absolute Gasteiger partial charge is 0.416 e. The number of rotatable bonds is 8. The van der Waals surface area contributed by atoms with Gasteiger partial charge in [0.15, 0.2) is 0 Å². The van der Waals surface area contributed by atoms with Gasteiger partial charge < -0.3 is 19.1 Å². The van der Waals surface area contributed by atoms with Crippen LogP contribution in [0.4, 0.5) is 19.0 Å². The molecule has 0 spiro atoms. The van der Waals surface area contributed by atoms with Crippen LogP contribution in [-0.4, -0.2) is 67.2 Å². The van der Waals surface area contributed by atoms with E-state index in [1.54, 1.807) is 25.3 Å². The molecule has 0 radical (unpaired) electrons. The Morgan fingerprint density at radius 3 is 2.28 bits per heavy atom. The van der Waals surface area contributed by atoms with Crippen LogP contribution in [0, 0.1) is 5.92 Å². The van der Waals surface area contributed by atoms with Crippen molar-refractivity contribution in [3.63, 3.8) is 0 Å². The van der Waals surface area contributed by atoms with Gasteiger partial charge in [0.05, 0.1) is 48.8 Å². The zero-order valence-electron chi connectivity index (χ0n) is 22.6. The molecule has 212 valence electrons. The molecular formula is C28H34F3N3O5. The minimum absolute atomic E-state index is 0.0287. The summed E-state index contributed by atoms with van der Waals surface area (Å²) in [6.07, 6.45) is 0.374. The maximum absolute atomic E-state index is 13.5. The van der Waals surface area contributed by atoms with E-state index in [4.69, 9.17) is 19.3 Å². The Morgan fingerprint density at radius 2 is 1.72 bits per heavy atom. The van der Waals surface area contributed by atoms with E-state index in [0.717, 1.165) is 6.08 Å². The van der Waals surface area contributed by atoms with Crippen molar-refractivity contribution in [1.29, 1.82) is 0 Å². The first-order valence-electron chi connectivity index (χ1n) is 13.3. The Hall–Kier alpha value is -3.34. The normalized spacial score (nSPS) is 19.8. The number of halogens is 3. The van der Waals surface area contributed by atoms with Crippen LogP contribution < -0.4 is 4.90 Å². The van der Waals surface area contributed by atoms with Crippen LogP contribution in [0.15, 0.2) is 29.9 Å². The number of hydrogen-bond donors (Lipinski definition) is 0. The number of alkyl halides is 3. The van der Waals surface area contributed by atoms with E-state index in [9.17, 15) is 22.8 Å². The molecule has 0 amide bonds. The second kappa shape index (κ2) is 11.8. The number of carbonyl (C=O) groups excluding carboxylic acids is 2. The summed E-state index contributed by atoms with van der Waals surface area (Å²) in [6, 6.07) is 1.81. The van der Waals surface area contributed by atoms with Crippen molar-refractivity contribution in [3.05, 3.63) is 52.3 Å². The number of fused-ring (bicyclic) bond motifs is 1. The van der Waals surface area contributed by atoms with Gasteiger partial charge in [-0.3, -0.25) is 0 Å². The lowest BCUT2D eigenvalue weighted by atomic mass is 9.81. The van der Waals surface area contributed by atoms with Gasteiger partial charge in [0.25, 0.3) is 0 Å². The number of ether oxygens (including phenoxy) is 3. The van der Waals surface area contributed by atoms with Gasteiger partial charge in [-0.1, -0.05) is 38.5 Å². The SMILES string of the molecule is CCCc1c(C(=O)OCC)c(C(=O)OCC)c2c(C3C=CC(C(F)(F)F)=CC3C)cc(N3CCOCC3)nn12. The number of carbonyl (C=O) groups is 2. The van der Waals surface area contributed by atoms with Gasteiger partial charge in [-0.2, -0.15) is 18.3 Å². The third kappa shape index (κ3) is 5.68. The summed E-state index contributed by atoms with van der Waals surface area (Å²) >= 11 is 0. The number of hydrogen-bond acceptors (Lipinski definition) is 7. The van der Waals surface area contributed by atoms with Crippen molar-refractivity contribution in [2.24, 2.45) is 5.92 Å². The molecule has 3 heterocycles. The van der Waals surface area contributed by atoms with Gasteiger partial charge in [0, 0.05) is 19.0 Å². The highest BCUT2D eigenvalue weighted by atomic mass is 19.4. The topological polar surface area (TPSA) is 82.4 Å². The Balaban J connectivity index is 2.05. The van der Waals surface area contributed by atoms with Crippen molar-refractivity contribution < 1.29 is 37.0 Å². The summed E-state index contributed by atoms with van der Waals surface area (Å²) in [6.45, 7) is 9.33. The van der Waals surface area contributed by atoms with E-state index < -0.39 is 35.5 Å². The van der Waals surface area contributed by atoms with E-state index in [1.165, 1.54) is 12.2 Å². The van der Waals surface area contributed by atoms with Crippen LogP contribution in [0.2, 0.25) is 0 Å². The van der Waals surface area contributed by atoms with Crippen LogP contribution >= 0.6 is 0 Å². The van der Waals surface area contributed by atoms with Crippen molar-refractivity contribution >= 4 is 23.3 Å². The van der Waals surface area contributed by atoms with E-state index in [-0.39, 0.29) is 24.3 Å². The van der Waals surface area contributed by atoms with Gasteiger partial charge in [-0.15, -0.1) is 0 Å². The van der Waals surface area contributed by atoms with Crippen LogP contribution in [0.25, 0.3) is 5.52 Å². The third-order valence-electron chi connectivity index (χ3n) is 6.96. The van der Waals surface area contributed by atoms with E-state index >= 15 is 0 Å². The predicted molar refractivity (Wildman–Crippen MR) is 139 cm³/mol. The fourth-order valence-electron chi connectivity index (χ4n) is 5.22. The number of nitrogens with zero attached hydrogens (tertiary/aromatic N) is 3. The van der Waals surface area contributed by atoms with Crippen LogP contribution in [0.5, 0.6) is 0 Å². The van der Waals surface area contributed by atoms with Gasteiger partial charge in [0.1, 0.15) is 11.4 Å². The molecule has 0 saturated carbocycles. The number of aryl methyl sites for hydroxylation is 1. The maximum atomic E-state index is 13.5. The van der Waals surface area contributed by atoms with Gasteiger partial charge in [0.2, 0.25) is 0 Å². The van der Waals surface area contributed by atoms with Gasteiger partial charge >= 0.3 is 18.1 Å². The second-order valence-electron chi connectivity index (χ2n) is 9.57. The molecule has 2 aromatic rings. The van der Waals surface area contributed by atoms with Crippen molar-refractivity contribution in [3.8, 4) is 0 Å². The monoisotopic (exact) mass is 549 g/mol. The lowest BCUT2D eigenvalue weighted by molar-refractivity contribution is -0.0889. The van der Waals surface area contributed by atoms with E-state index in [2.05, 4.69) is 0 Å². The van der Waals surface area contributed by atoms with Crippen LogP contribution in [0.3, 0.4) is 0 Å². The summed E-state index contributed by atoms with van der Waals surface area (Å²) in [5.41, 5.74) is 0.838. The molecule has 2 unspecified atom stereocenters. The molecule has 1 aliphatic heterocycles. The summed E-state index contributed by atoms with van der Waals surface area (Å²) in [4.78, 5) is 28.7. The van der Waals surface area contributed by atoms with Crippen molar-refractivity contribution in [2.45, 2.75) is 52.6 Å². The van der Waals surface area contributed by atoms with Crippen molar-refractivity contribution in [1.82, 2.24) is 9.61 Å². The molecule has 11 heteroatoms. The lowest BCUT2D eigenvalue weighted by Crippen LogP contribution is -2.37. The third-order valence-corrected chi connectivity index (χ3v) is 6.96. The first-order valence-corrected chi connectivity index (χ1v) is 13.3. The van der Waals surface area contributed by atoms with E-state index in [0.29, 0.717) is 61.7 Å². The zero-order chi connectivity index (χ0) is 28.3. The summed E-state index contributed by atoms with van der Waals surface area (Å²) < 4.78 is 58.3. The van der Waals surface area contributed by atoms with Crippen molar-refractivity contribution in [2.75, 3.05) is 44.4 Å². The molecule has 0 bridgehead atoms. The Bertz CT molecular complexity index is 1290. The highest BCUT2D eigenvalue weighted by Gasteiger charge is 2.38. The number of allylic oxidation sites excluding steroid dienone is 4. The highest BCUT2D eigenvalue weighted by molar-refractivity contribution is 6.10. The molecule has 2 atom stereocenters. The van der Waals surface area contributed by atoms with Gasteiger partial charge in [-0.25, -0.2) is 14.1 Å². The summed E-state index contributed by atoms with van der Waals surface area (Å²) in [5.74, 6) is -1.86. The molecule has 39 heavy (non-hydrogen) atoms. The molecule has 1 aliphatic carbocycles. The standard InChI is InChI=1S/C28H34F3N3O5/c1-5-8-21-23(26(35)38-6-2)24(27(36)39-7-3)25-20(19-10-9-18(15-17(19)4)28(29,30)31)16-22(32-34(21)25)33-11-13-37-14-12-33/h9-10,15-17,19H,5-8,11-14H2,1-4H3. The minimum Gasteiger partial charge on any atom is -0.462 e. The Morgan fingerprint density at radius 1 is 1.08 bits per heavy atom. The second-order valence-corrected chi connectivity index (χ2v) is 9.57. The number of esters is 2. The van der Waals surface area contributed by atoms with Gasteiger partial charge in [-0.05, 0) is 37.8 Å². The molecule has 4 rings (SSSR count). The minimum atomic E-state index is -4.47. The summed E-state index contributed by atoms with van der Waals surface area (Å²) in [7, 11) is 0. The first-order chi connectivity index (χ1) is 18.6.